The summed E-state index contributed by atoms with van der Waals surface area (Å²) in [4.78, 5) is 31.6. The number of carbonyl (C=O) groups excluding carboxylic acids is 2. The van der Waals surface area contributed by atoms with Crippen LogP contribution >= 0.6 is 0 Å². The molecule has 1 aliphatic carbocycles. The maximum atomic E-state index is 13.0. The Kier molecular flexibility index (Phi) is 5.92. The fourth-order valence-corrected chi connectivity index (χ4v) is 5.54. The van der Waals surface area contributed by atoms with Gasteiger partial charge in [-0.2, -0.15) is 5.10 Å². The molecule has 1 aromatic carbocycles. The Morgan fingerprint density at radius 3 is 2.94 bits per heavy atom. The second-order valence-corrected chi connectivity index (χ2v) is 9.92. The number of carbonyl (C=O) groups is 2. The number of allylic oxidation sites excluding steroid dienone is 1. The van der Waals surface area contributed by atoms with Gasteiger partial charge in [0.2, 0.25) is 5.91 Å². The number of benzene rings is 1. The van der Waals surface area contributed by atoms with E-state index in [-0.39, 0.29) is 24.0 Å². The molecule has 0 radical (unpaired) electrons. The molecule has 6 rings (SSSR count). The number of hydrogen-bond acceptors (Lipinski definition) is 6. The molecule has 0 spiro atoms. The van der Waals surface area contributed by atoms with Crippen molar-refractivity contribution in [2.24, 2.45) is 0 Å². The summed E-state index contributed by atoms with van der Waals surface area (Å²) in [6.45, 7) is 4.95. The van der Waals surface area contributed by atoms with Crippen LogP contribution in [-0.4, -0.2) is 49.5 Å². The van der Waals surface area contributed by atoms with E-state index < -0.39 is 6.04 Å². The summed E-state index contributed by atoms with van der Waals surface area (Å²) >= 11 is 0. The third kappa shape index (κ3) is 4.35. The standard InChI is InChI=1S/C27H30N6O3/c1-17-6-9-23(26(34)31-17)32-16-19-12-20(7-8-21(19)27(32)35)36-24-5-3-2-4-22(24)28-13-18-14-29-25-10-11-30-33(25)15-18/h7-8,10-12,14-15,22-24,28H,1-6,9,13,16H2,(H,31,34)/t22-,23?,24+/m1/s1. The molecule has 2 fully saturated rings. The van der Waals surface area contributed by atoms with Gasteiger partial charge in [-0.1, -0.05) is 13.0 Å². The van der Waals surface area contributed by atoms with Crippen LogP contribution in [0.15, 0.2) is 55.1 Å². The molecule has 2 amide bonds. The van der Waals surface area contributed by atoms with Gasteiger partial charge in [0, 0.05) is 54.4 Å². The molecule has 3 aliphatic rings. The number of nitrogens with one attached hydrogen (secondary N) is 2. The average molecular weight is 487 g/mol. The zero-order valence-electron chi connectivity index (χ0n) is 20.2. The van der Waals surface area contributed by atoms with Crippen LogP contribution in [0, 0.1) is 0 Å². The Morgan fingerprint density at radius 1 is 1.17 bits per heavy atom. The van der Waals surface area contributed by atoms with Crippen LogP contribution in [0.25, 0.3) is 5.65 Å². The van der Waals surface area contributed by atoms with Gasteiger partial charge in [0.25, 0.3) is 5.91 Å². The predicted molar refractivity (Wildman–Crippen MR) is 133 cm³/mol. The lowest BCUT2D eigenvalue weighted by atomic mass is 9.92. The summed E-state index contributed by atoms with van der Waals surface area (Å²) in [7, 11) is 0. The third-order valence-electron chi connectivity index (χ3n) is 7.47. The van der Waals surface area contributed by atoms with Gasteiger partial charge in [-0.3, -0.25) is 9.59 Å². The number of ether oxygens (including phenoxy) is 1. The normalized spacial score (nSPS) is 24.2. The topological polar surface area (TPSA) is 101 Å². The SMILES string of the molecule is C=C1CCC(N2Cc3cc(O[C@H]4CCCC[C@H]4NCc4cnc5ccnn5c4)ccc3C2=O)C(=O)N1. The van der Waals surface area contributed by atoms with Crippen LogP contribution in [0.2, 0.25) is 0 Å². The minimum atomic E-state index is -0.456. The zero-order chi connectivity index (χ0) is 24.6. The molecule has 2 aliphatic heterocycles. The molecule has 9 heteroatoms. The molecular weight excluding hydrogens is 456 g/mol. The molecule has 3 aromatic rings. The second kappa shape index (κ2) is 9.39. The van der Waals surface area contributed by atoms with Gasteiger partial charge in [0.05, 0.1) is 6.20 Å². The Bertz CT molecular complexity index is 1330. The highest BCUT2D eigenvalue weighted by Gasteiger charge is 2.38. The Balaban J connectivity index is 1.12. The number of fused-ring (bicyclic) bond motifs is 2. The van der Waals surface area contributed by atoms with E-state index >= 15 is 0 Å². The van der Waals surface area contributed by atoms with E-state index in [0.29, 0.717) is 37.2 Å². The van der Waals surface area contributed by atoms with Gasteiger partial charge < -0.3 is 20.3 Å². The van der Waals surface area contributed by atoms with E-state index in [1.54, 1.807) is 15.6 Å². The van der Waals surface area contributed by atoms with E-state index in [1.165, 1.54) is 0 Å². The van der Waals surface area contributed by atoms with Crippen LogP contribution in [-0.2, 0) is 17.9 Å². The molecule has 0 bridgehead atoms. The number of nitrogens with zero attached hydrogens (tertiary/aromatic N) is 4. The van der Waals surface area contributed by atoms with Gasteiger partial charge in [-0.15, -0.1) is 0 Å². The lowest BCUT2D eigenvalue weighted by Gasteiger charge is -2.32. The summed E-state index contributed by atoms with van der Waals surface area (Å²) in [5.74, 6) is 0.522. The van der Waals surface area contributed by atoms with E-state index in [9.17, 15) is 9.59 Å². The predicted octanol–water partition coefficient (Wildman–Crippen LogP) is 2.96. The van der Waals surface area contributed by atoms with E-state index in [4.69, 9.17) is 4.74 Å². The van der Waals surface area contributed by atoms with Gasteiger partial charge in [-0.25, -0.2) is 9.50 Å². The second-order valence-electron chi connectivity index (χ2n) is 9.92. The summed E-state index contributed by atoms with van der Waals surface area (Å²) < 4.78 is 8.26. The first kappa shape index (κ1) is 22.7. The maximum Gasteiger partial charge on any atom is 0.255 e. The van der Waals surface area contributed by atoms with E-state index in [0.717, 1.165) is 48.2 Å². The third-order valence-corrected chi connectivity index (χ3v) is 7.47. The van der Waals surface area contributed by atoms with Crippen molar-refractivity contribution in [3.05, 3.63) is 71.8 Å². The molecule has 4 heterocycles. The minimum absolute atomic E-state index is 0.0431. The van der Waals surface area contributed by atoms with Crippen LogP contribution in [0.5, 0.6) is 5.75 Å². The Hall–Kier alpha value is -3.72. The number of piperidine rings is 1. The van der Waals surface area contributed by atoms with E-state index in [1.807, 2.05) is 36.7 Å². The van der Waals surface area contributed by atoms with Crippen LogP contribution < -0.4 is 15.4 Å². The molecule has 1 unspecified atom stereocenters. The molecule has 1 saturated carbocycles. The van der Waals surface area contributed by atoms with Crippen LogP contribution in [0.4, 0.5) is 0 Å². The van der Waals surface area contributed by atoms with Gasteiger partial charge in [0.1, 0.15) is 17.9 Å². The number of rotatable bonds is 6. The monoisotopic (exact) mass is 486 g/mol. The number of hydrogen-bond donors (Lipinski definition) is 2. The van der Waals surface area contributed by atoms with Gasteiger partial charge in [0.15, 0.2) is 5.65 Å². The minimum Gasteiger partial charge on any atom is -0.489 e. The fraction of sp³-hybridized carbons (Fsp3) is 0.407. The highest BCUT2D eigenvalue weighted by molar-refractivity contribution is 6.01. The van der Waals surface area contributed by atoms with Gasteiger partial charge >= 0.3 is 0 Å². The fourth-order valence-electron chi connectivity index (χ4n) is 5.54. The highest BCUT2D eigenvalue weighted by atomic mass is 16.5. The number of amides is 2. The van der Waals surface area contributed by atoms with Crippen LogP contribution in [0.1, 0.15) is 60.0 Å². The Labute approximate surface area is 209 Å². The quantitative estimate of drug-likeness (QED) is 0.556. The number of aromatic nitrogens is 3. The Morgan fingerprint density at radius 2 is 2.06 bits per heavy atom. The molecular formula is C27H30N6O3. The van der Waals surface area contributed by atoms with Crippen molar-refractivity contribution in [3.63, 3.8) is 0 Å². The lowest BCUT2D eigenvalue weighted by Crippen LogP contribution is -2.49. The summed E-state index contributed by atoms with van der Waals surface area (Å²) in [6, 6.07) is 7.33. The molecule has 36 heavy (non-hydrogen) atoms. The molecule has 9 nitrogen and oxygen atoms in total. The average Bonchev–Trinajstić information content (AvgIpc) is 3.47. The van der Waals surface area contributed by atoms with Crippen molar-refractivity contribution in [2.45, 2.75) is 69.8 Å². The van der Waals surface area contributed by atoms with Gasteiger partial charge in [-0.05, 0) is 55.9 Å². The summed E-state index contributed by atoms with van der Waals surface area (Å²) in [5.41, 5.74) is 4.18. The summed E-state index contributed by atoms with van der Waals surface area (Å²) in [5, 5.41) is 10.7. The van der Waals surface area contributed by atoms with Crippen molar-refractivity contribution in [3.8, 4) is 5.75 Å². The molecule has 1 saturated heterocycles. The largest absolute Gasteiger partial charge is 0.489 e. The maximum absolute atomic E-state index is 13.0. The zero-order valence-corrected chi connectivity index (χ0v) is 20.2. The van der Waals surface area contributed by atoms with Crippen molar-refractivity contribution in [1.29, 1.82) is 0 Å². The highest BCUT2D eigenvalue weighted by Crippen LogP contribution is 2.32. The summed E-state index contributed by atoms with van der Waals surface area (Å²) in [6.07, 6.45) is 11.3. The molecule has 3 atom stereocenters. The first-order valence-corrected chi connectivity index (χ1v) is 12.7. The van der Waals surface area contributed by atoms with Crippen molar-refractivity contribution in [2.75, 3.05) is 0 Å². The van der Waals surface area contributed by atoms with E-state index in [2.05, 4.69) is 27.3 Å². The molecule has 2 aromatic heterocycles. The first-order chi connectivity index (χ1) is 17.5. The smallest absolute Gasteiger partial charge is 0.255 e. The first-order valence-electron chi connectivity index (χ1n) is 12.7. The van der Waals surface area contributed by atoms with Crippen molar-refractivity contribution >= 4 is 17.5 Å². The molecule has 2 N–H and O–H groups in total. The van der Waals surface area contributed by atoms with Crippen molar-refractivity contribution < 1.29 is 14.3 Å². The van der Waals surface area contributed by atoms with Crippen LogP contribution in [0.3, 0.4) is 0 Å². The van der Waals surface area contributed by atoms with Crippen molar-refractivity contribution in [1.82, 2.24) is 30.1 Å². The lowest BCUT2D eigenvalue weighted by molar-refractivity contribution is -0.126. The molecule has 186 valence electrons.